The summed E-state index contributed by atoms with van der Waals surface area (Å²) in [6.45, 7) is 0. The molecule has 3 heteroatoms. The van der Waals surface area contributed by atoms with Gasteiger partial charge in [0.2, 0.25) is 0 Å². The summed E-state index contributed by atoms with van der Waals surface area (Å²) in [6, 6.07) is 6.72. The Kier molecular flexibility index (Phi) is 5.17. The summed E-state index contributed by atoms with van der Waals surface area (Å²) >= 11 is 9.52. The lowest BCUT2D eigenvalue weighted by Crippen LogP contribution is -2.20. The maximum Gasteiger partial charge on any atom is 0.0568 e. The molecule has 1 saturated carbocycles. The van der Waals surface area contributed by atoms with E-state index in [1.54, 1.807) is 0 Å². The molecule has 0 heterocycles. The second-order valence-electron chi connectivity index (χ2n) is 4.82. The molecule has 1 aliphatic carbocycles. The molecule has 0 atom stereocenters. The van der Waals surface area contributed by atoms with Crippen molar-refractivity contribution in [2.45, 2.75) is 51.0 Å². The molecule has 94 valence electrons. The quantitative estimate of drug-likeness (QED) is 0.746. The van der Waals surface area contributed by atoms with Crippen molar-refractivity contribution in [3.05, 3.63) is 27.7 Å². The summed E-state index contributed by atoms with van der Waals surface area (Å²) in [4.78, 5) is 0. The van der Waals surface area contributed by atoms with Gasteiger partial charge < -0.3 is 5.32 Å². The Morgan fingerprint density at radius 2 is 1.71 bits per heavy atom. The van der Waals surface area contributed by atoms with Crippen LogP contribution in [0.25, 0.3) is 0 Å². The Balaban J connectivity index is 1.95. The van der Waals surface area contributed by atoms with E-state index in [0.29, 0.717) is 6.04 Å². The fraction of sp³-hybridized carbons (Fsp3) is 0.571. The van der Waals surface area contributed by atoms with E-state index in [2.05, 4.69) is 27.3 Å². The van der Waals surface area contributed by atoms with E-state index < -0.39 is 0 Å². The molecule has 0 saturated heterocycles. The van der Waals surface area contributed by atoms with Gasteiger partial charge in [0, 0.05) is 16.2 Å². The fourth-order valence-electron chi connectivity index (χ4n) is 2.42. The normalized spacial score (nSPS) is 18.5. The first-order valence-electron chi connectivity index (χ1n) is 6.47. The highest BCUT2D eigenvalue weighted by molar-refractivity contribution is 9.10. The van der Waals surface area contributed by atoms with Crippen molar-refractivity contribution < 1.29 is 0 Å². The molecule has 17 heavy (non-hydrogen) atoms. The van der Waals surface area contributed by atoms with Gasteiger partial charge in [-0.2, -0.15) is 0 Å². The van der Waals surface area contributed by atoms with E-state index in [4.69, 9.17) is 11.6 Å². The van der Waals surface area contributed by atoms with E-state index in [1.165, 1.54) is 44.9 Å². The molecule has 1 fully saturated rings. The molecule has 0 spiro atoms. The van der Waals surface area contributed by atoms with Crippen LogP contribution in [0.4, 0.5) is 5.69 Å². The van der Waals surface area contributed by atoms with Crippen molar-refractivity contribution in [2.75, 3.05) is 5.32 Å². The van der Waals surface area contributed by atoms with Gasteiger partial charge in [0.25, 0.3) is 0 Å². The van der Waals surface area contributed by atoms with E-state index in [0.717, 1.165) is 15.2 Å². The van der Waals surface area contributed by atoms with E-state index >= 15 is 0 Å². The van der Waals surface area contributed by atoms with Crippen molar-refractivity contribution in [3.63, 3.8) is 0 Å². The van der Waals surface area contributed by atoms with Crippen molar-refractivity contribution in [1.29, 1.82) is 0 Å². The zero-order chi connectivity index (χ0) is 12.1. The van der Waals surface area contributed by atoms with Crippen LogP contribution < -0.4 is 5.32 Å². The summed E-state index contributed by atoms with van der Waals surface area (Å²) in [5, 5.41) is 4.39. The third-order valence-electron chi connectivity index (χ3n) is 3.40. The maximum absolute atomic E-state index is 6.10. The molecule has 0 aromatic heterocycles. The summed E-state index contributed by atoms with van der Waals surface area (Å²) in [5.74, 6) is 0. The molecule has 1 nitrogen and oxygen atoms in total. The second-order valence-corrected chi connectivity index (χ2v) is 6.08. The van der Waals surface area contributed by atoms with Gasteiger partial charge in [0.1, 0.15) is 0 Å². The monoisotopic (exact) mass is 315 g/mol. The van der Waals surface area contributed by atoms with Crippen LogP contribution in [0.2, 0.25) is 5.02 Å². The van der Waals surface area contributed by atoms with Crippen LogP contribution in [-0.2, 0) is 0 Å². The zero-order valence-electron chi connectivity index (χ0n) is 10.0. The van der Waals surface area contributed by atoms with Crippen LogP contribution in [0, 0.1) is 0 Å². The molecule has 1 aromatic rings. The van der Waals surface area contributed by atoms with Crippen molar-refractivity contribution in [2.24, 2.45) is 0 Å². The highest BCUT2D eigenvalue weighted by atomic mass is 79.9. The predicted molar refractivity (Wildman–Crippen MR) is 78.9 cm³/mol. The van der Waals surface area contributed by atoms with Gasteiger partial charge in [-0.25, -0.2) is 0 Å². The molecule has 1 aliphatic rings. The SMILES string of the molecule is Clc1cc(NC2CCCCCCC2)ccc1Br. The van der Waals surface area contributed by atoms with E-state index in [-0.39, 0.29) is 0 Å². The number of anilines is 1. The first-order chi connectivity index (χ1) is 8.25. The second kappa shape index (κ2) is 6.65. The van der Waals surface area contributed by atoms with Crippen LogP contribution in [0.15, 0.2) is 22.7 Å². The average Bonchev–Trinajstić information content (AvgIpc) is 2.27. The minimum absolute atomic E-state index is 0.618. The number of halogens is 2. The van der Waals surface area contributed by atoms with Gasteiger partial charge in [-0.15, -0.1) is 0 Å². The Morgan fingerprint density at radius 3 is 2.35 bits per heavy atom. The highest BCUT2D eigenvalue weighted by Gasteiger charge is 2.11. The lowest BCUT2D eigenvalue weighted by atomic mass is 9.96. The van der Waals surface area contributed by atoms with Crippen LogP contribution in [-0.4, -0.2) is 6.04 Å². The average molecular weight is 317 g/mol. The molecule has 0 aliphatic heterocycles. The Morgan fingerprint density at radius 1 is 1.06 bits per heavy atom. The first-order valence-corrected chi connectivity index (χ1v) is 7.64. The van der Waals surface area contributed by atoms with Crippen LogP contribution in [0.3, 0.4) is 0 Å². The topological polar surface area (TPSA) is 12.0 Å². The maximum atomic E-state index is 6.10. The summed E-state index contributed by atoms with van der Waals surface area (Å²) in [5.41, 5.74) is 1.14. The summed E-state index contributed by atoms with van der Waals surface area (Å²) in [6.07, 6.45) is 9.46. The Hall–Kier alpha value is -0.210. The molecule has 0 unspecified atom stereocenters. The van der Waals surface area contributed by atoms with Gasteiger partial charge in [-0.05, 0) is 47.0 Å². The molecule has 0 bridgehead atoms. The van der Waals surface area contributed by atoms with Crippen LogP contribution in [0.1, 0.15) is 44.9 Å². The van der Waals surface area contributed by atoms with Crippen LogP contribution >= 0.6 is 27.5 Å². The van der Waals surface area contributed by atoms with Crippen molar-refractivity contribution >= 4 is 33.2 Å². The van der Waals surface area contributed by atoms with E-state index in [1.807, 2.05) is 12.1 Å². The first kappa shape index (κ1) is 13.2. The number of rotatable bonds is 2. The van der Waals surface area contributed by atoms with Crippen molar-refractivity contribution in [3.8, 4) is 0 Å². The lowest BCUT2D eigenvalue weighted by molar-refractivity contribution is 0.471. The van der Waals surface area contributed by atoms with E-state index in [9.17, 15) is 0 Å². The third kappa shape index (κ3) is 4.18. The molecule has 1 N–H and O–H groups in total. The van der Waals surface area contributed by atoms with Gasteiger partial charge in [0.15, 0.2) is 0 Å². The molecular weight excluding hydrogens is 298 g/mol. The minimum Gasteiger partial charge on any atom is -0.382 e. The third-order valence-corrected chi connectivity index (χ3v) is 4.63. The lowest BCUT2D eigenvalue weighted by Gasteiger charge is -2.22. The molecular formula is C14H19BrClN. The largest absolute Gasteiger partial charge is 0.382 e. The number of benzene rings is 1. The smallest absolute Gasteiger partial charge is 0.0568 e. The number of hydrogen-bond donors (Lipinski definition) is 1. The van der Waals surface area contributed by atoms with Gasteiger partial charge in [0.05, 0.1) is 5.02 Å². The number of nitrogens with one attached hydrogen (secondary N) is 1. The summed E-state index contributed by atoms with van der Waals surface area (Å²) < 4.78 is 0.961. The standard InChI is InChI=1S/C14H19BrClN/c15-13-9-8-12(10-14(13)16)17-11-6-4-2-1-3-5-7-11/h8-11,17H,1-7H2. The molecule has 2 rings (SSSR count). The Bertz CT molecular complexity index is 359. The molecule has 0 radical (unpaired) electrons. The van der Waals surface area contributed by atoms with Gasteiger partial charge >= 0.3 is 0 Å². The number of hydrogen-bond acceptors (Lipinski definition) is 1. The zero-order valence-corrected chi connectivity index (χ0v) is 12.4. The fourth-order valence-corrected chi connectivity index (χ4v) is 2.85. The molecule has 1 aromatic carbocycles. The van der Waals surface area contributed by atoms with Gasteiger partial charge in [-0.1, -0.05) is 43.7 Å². The minimum atomic E-state index is 0.618. The van der Waals surface area contributed by atoms with Crippen LogP contribution in [0.5, 0.6) is 0 Å². The highest BCUT2D eigenvalue weighted by Crippen LogP contribution is 2.27. The summed E-state index contributed by atoms with van der Waals surface area (Å²) in [7, 11) is 0. The Labute approximate surface area is 117 Å². The molecule has 0 amide bonds. The van der Waals surface area contributed by atoms with Gasteiger partial charge in [-0.3, -0.25) is 0 Å². The van der Waals surface area contributed by atoms with Crippen molar-refractivity contribution in [1.82, 2.24) is 0 Å². The predicted octanol–water partition coefficient (Wildman–Crippen LogP) is 5.63.